The van der Waals surface area contributed by atoms with Crippen molar-refractivity contribution in [2.75, 3.05) is 4.90 Å². The molecule has 11 aromatic rings. The standard InChI is InChI=1S/C62H37NO2S/c1-4-18-47-41(15-1)43-32-29-39(36-54(43)62(47)52-22-8-13-27-59(52)66-60-28-14-9-23-53(60)62)63(40-30-33-45-44-17-3-10-24-55(44)64-58(45)37-40)38-31-34-49-46(35-38)42-16-2-5-19-48(42)61(49)50-20-6-11-25-56(50)65-57-26-12-7-21-51(57)61/h1-37H. The van der Waals surface area contributed by atoms with Gasteiger partial charge in [0.05, 0.1) is 10.8 Å². The van der Waals surface area contributed by atoms with Crippen molar-refractivity contribution in [3.05, 3.63) is 269 Å². The summed E-state index contributed by atoms with van der Waals surface area (Å²) in [7, 11) is 0. The van der Waals surface area contributed by atoms with E-state index in [0.717, 1.165) is 61.6 Å². The molecule has 3 nitrogen and oxygen atoms in total. The van der Waals surface area contributed by atoms with Crippen molar-refractivity contribution in [2.45, 2.75) is 20.6 Å². The number of hydrogen-bond acceptors (Lipinski definition) is 4. The molecule has 0 amide bonds. The Morgan fingerprint density at radius 2 is 0.788 bits per heavy atom. The van der Waals surface area contributed by atoms with Gasteiger partial charge < -0.3 is 14.1 Å². The maximum absolute atomic E-state index is 6.66. The maximum Gasteiger partial charge on any atom is 0.137 e. The fourth-order valence-corrected chi connectivity index (χ4v) is 13.5. The van der Waals surface area contributed by atoms with E-state index in [1.807, 2.05) is 17.8 Å². The van der Waals surface area contributed by atoms with Crippen molar-refractivity contribution in [3.63, 3.8) is 0 Å². The highest BCUT2D eigenvalue weighted by Crippen LogP contribution is 2.65. The largest absolute Gasteiger partial charge is 0.457 e. The smallest absolute Gasteiger partial charge is 0.137 e. The molecule has 10 aromatic carbocycles. The summed E-state index contributed by atoms with van der Waals surface area (Å²) in [5, 5.41) is 2.22. The zero-order chi connectivity index (χ0) is 43.1. The van der Waals surface area contributed by atoms with E-state index < -0.39 is 10.8 Å². The van der Waals surface area contributed by atoms with Crippen LogP contribution in [-0.2, 0) is 10.8 Å². The Bertz CT molecular complexity index is 3790. The third-order valence-corrected chi connectivity index (χ3v) is 15.9. The molecule has 0 bridgehead atoms. The molecule has 3 heterocycles. The lowest BCUT2D eigenvalue weighted by Gasteiger charge is -2.40. The van der Waals surface area contributed by atoms with Crippen LogP contribution in [-0.4, -0.2) is 0 Å². The van der Waals surface area contributed by atoms with Gasteiger partial charge in [0, 0.05) is 54.8 Å². The second-order valence-corrected chi connectivity index (χ2v) is 18.9. The topological polar surface area (TPSA) is 25.6 Å². The summed E-state index contributed by atoms with van der Waals surface area (Å²) >= 11 is 1.88. The van der Waals surface area contributed by atoms with Gasteiger partial charge in [0.25, 0.3) is 0 Å². The number of hydrogen-bond donors (Lipinski definition) is 0. The summed E-state index contributed by atoms with van der Waals surface area (Å²) in [6.07, 6.45) is 0. The molecule has 0 saturated carbocycles. The number of anilines is 3. The molecule has 4 aliphatic rings. The first-order valence-electron chi connectivity index (χ1n) is 22.7. The van der Waals surface area contributed by atoms with E-state index in [2.05, 4.69) is 223 Å². The minimum absolute atomic E-state index is 0.512. The first-order chi connectivity index (χ1) is 32.7. The van der Waals surface area contributed by atoms with Gasteiger partial charge >= 0.3 is 0 Å². The molecule has 0 saturated heterocycles. The molecule has 1 aromatic heterocycles. The second-order valence-electron chi connectivity index (χ2n) is 17.9. The molecule has 0 fully saturated rings. The Kier molecular flexibility index (Phi) is 7.29. The van der Waals surface area contributed by atoms with E-state index >= 15 is 0 Å². The summed E-state index contributed by atoms with van der Waals surface area (Å²) in [6.45, 7) is 0. The number of para-hydroxylation sites is 3. The van der Waals surface area contributed by atoms with E-state index in [-0.39, 0.29) is 0 Å². The van der Waals surface area contributed by atoms with Gasteiger partial charge in [-0.2, -0.15) is 0 Å². The van der Waals surface area contributed by atoms with E-state index in [4.69, 9.17) is 9.15 Å². The number of fused-ring (bicyclic) bond motifs is 21. The first kappa shape index (κ1) is 36.3. The highest BCUT2D eigenvalue weighted by atomic mass is 32.2. The van der Waals surface area contributed by atoms with Crippen LogP contribution in [0.15, 0.2) is 239 Å². The normalized spacial score (nSPS) is 14.7. The lowest BCUT2D eigenvalue weighted by molar-refractivity contribution is 0.436. The van der Waals surface area contributed by atoms with Crippen LogP contribution in [0, 0.1) is 0 Å². The van der Waals surface area contributed by atoms with Gasteiger partial charge in [-0.1, -0.05) is 163 Å². The third-order valence-electron chi connectivity index (χ3n) is 14.8. The molecule has 308 valence electrons. The molecule has 0 unspecified atom stereocenters. The SMILES string of the molecule is c1ccc2c(c1)Oc1ccccc1C21c2ccccc2-c2cc(N(c3ccc4c(c3)C3(c5ccccc5Sc5ccccc53)c3ccccc3-4)c3ccc4c(c3)oc3ccccc34)ccc21. The van der Waals surface area contributed by atoms with Crippen LogP contribution < -0.4 is 9.64 Å². The zero-order valence-electron chi connectivity index (χ0n) is 35.5. The van der Waals surface area contributed by atoms with Gasteiger partial charge in [-0.3, -0.25) is 0 Å². The molecule has 0 radical (unpaired) electrons. The van der Waals surface area contributed by atoms with Crippen molar-refractivity contribution in [2.24, 2.45) is 0 Å². The van der Waals surface area contributed by atoms with E-state index in [0.29, 0.717) is 0 Å². The number of furan rings is 1. The van der Waals surface area contributed by atoms with E-state index in [1.54, 1.807) is 0 Å². The van der Waals surface area contributed by atoms with Crippen LogP contribution in [0.2, 0.25) is 0 Å². The predicted molar refractivity (Wildman–Crippen MR) is 267 cm³/mol. The average Bonchev–Trinajstić information content (AvgIpc) is 3.99. The molecule has 0 N–H and O–H groups in total. The van der Waals surface area contributed by atoms with Crippen molar-refractivity contribution in [1.29, 1.82) is 0 Å². The summed E-state index contributed by atoms with van der Waals surface area (Å²) < 4.78 is 13.3. The van der Waals surface area contributed by atoms with Crippen LogP contribution in [0.25, 0.3) is 44.2 Å². The summed E-state index contributed by atoms with van der Waals surface area (Å²) in [6, 6.07) is 82.6. The Balaban J connectivity index is 1.01. The van der Waals surface area contributed by atoms with Gasteiger partial charge in [0.1, 0.15) is 22.7 Å². The average molecular weight is 860 g/mol. The van der Waals surface area contributed by atoms with Gasteiger partial charge in [0.15, 0.2) is 0 Å². The van der Waals surface area contributed by atoms with Gasteiger partial charge in [-0.05, 0) is 122 Å². The van der Waals surface area contributed by atoms with Crippen LogP contribution in [0.4, 0.5) is 17.1 Å². The van der Waals surface area contributed by atoms with Crippen LogP contribution in [0.1, 0.15) is 44.5 Å². The fourth-order valence-electron chi connectivity index (χ4n) is 12.3. The first-order valence-corrected chi connectivity index (χ1v) is 23.5. The molecule has 0 atom stereocenters. The molecule has 2 spiro atoms. The van der Waals surface area contributed by atoms with E-state index in [1.165, 1.54) is 65.4 Å². The highest BCUT2D eigenvalue weighted by Gasteiger charge is 2.52. The Labute approximate surface area is 386 Å². The number of rotatable bonds is 3. The van der Waals surface area contributed by atoms with Crippen molar-refractivity contribution in [3.8, 4) is 33.8 Å². The molecule has 2 aliphatic carbocycles. The van der Waals surface area contributed by atoms with Crippen LogP contribution in [0.3, 0.4) is 0 Å². The van der Waals surface area contributed by atoms with Crippen LogP contribution >= 0.6 is 11.8 Å². The molecular weight excluding hydrogens is 823 g/mol. The van der Waals surface area contributed by atoms with Crippen molar-refractivity contribution >= 4 is 50.8 Å². The van der Waals surface area contributed by atoms with Gasteiger partial charge in [-0.25, -0.2) is 0 Å². The minimum atomic E-state index is -0.556. The van der Waals surface area contributed by atoms with Crippen LogP contribution in [0.5, 0.6) is 11.5 Å². The van der Waals surface area contributed by atoms with Gasteiger partial charge in [0.2, 0.25) is 0 Å². The lowest BCUT2D eigenvalue weighted by atomic mass is 9.66. The van der Waals surface area contributed by atoms with Crippen molar-refractivity contribution in [1.82, 2.24) is 0 Å². The number of ether oxygens (including phenoxy) is 1. The maximum atomic E-state index is 6.66. The lowest BCUT2D eigenvalue weighted by Crippen LogP contribution is -2.32. The number of nitrogens with zero attached hydrogens (tertiary/aromatic N) is 1. The molecule has 4 heteroatoms. The minimum Gasteiger partial charge on any atom is -0.457 e. The molecule has 66 heavy (non-hydrogen) atoms. The monoisotopic (exact) mass is 859 g/mol. The molecule has 2 aliphatic heterocycles. The number of benzene rings is 10. The predicted octanol–water partition coefficient (Wildman–Crippen LogP) is 16.4. The Morgan fingerprint density at radius 3 is 1.50 bits per heavy atom. The fraction of sp³-hybridized carbons (Fsp3) is 0.0323. The second kappa shape index (κ2) is 13.3. The Hall–Kier alpha value is -8.05. The quantitative estimate of drug-likeness (QED) is 0.177. The van der Waals surface area contributed by atoms with Gasteiger partial charge in [-0.15, -0.1) is 0 Å². The zero-order valence-corrected chi connectivity index (χ0v) is 36.4. The summed E-state index contributed by atoms with van der Waals surface area (Å²) in [5.41, 5.74) is 18.9. The molecule has 15 rings (SSSR count). The van der Waals surface area contributed by atoms with E-state index in [9.17, 15) is 0 Å². The van der Waals surface area contributed by atoms with Crippen molar-refractivity contribution < 1.29 is 9.15 Å². The summed E-state index contributed by atoms with van der Waals surface area (Å²) in [5.74, 6) is 1.78. The third kappa shape index (κ3) is 4.59. The summed E-state index contributed by atoms with van der Waals surface area (Å²) in [4.78, 5) is 5.02. The molecular formula is C62H37NO2S. The highest BCUT2D eigenvalue weighted by molar-refractivity contribution is 7.99. The Morgan fingerprint density at radius 1 is 0.318 bits per heavy atom.